The van der Waals surface area contributed by atoms with Crippen molar-refractivity contribution in [3.8, 4) is 0 Å². The van der Waals surface area contributed by atoms with Crippen LogP contribution in [0.25, 0.3) is 0 Å². The molecule has 1 amide bonds. The van der Waals surface area contributed by atoms with Crippen LogP contribution >= 0.6 is 0 Å². The smallest absolute Gasteiger partial charge is 0.273 e. The summed E-state index contributed by atoms with van der Waals surface area (Å²) in [5.74, 6) is -0.234. The van der Waals surface area contributed by atoms with Gasteiger partial charge in [0.15, 0.2) is 0 Å². The van der Waals surface area contributed by atoms with Crippen LogP contribution in [0.15, 0.2) is 18.2 Å². The molecule has 1 aromatic rings. The number of carbonyl (C=O) groups is 1. The summed E-state index contributed by atoms with van der Waals surface area (Å²) < 4.78 is 0. The molecule has 1 saturated heterocycles. The van der Waals surface area contributed by atoms with Crippen molar-refractivity contribution in [1.29, 1.82) is 0 Å². The fraction of sp³-hybridized carbons (Fsp3) is 0.611. The molecule has 1 fully saturated rings. The van der Waals surface area contributed by atoms with Crippen LogP contribution in [0.5, 0.6) is 0 Å². The molecule has 1 aliphatic heterocycles. The minimum atomic E-state index is -0.451. The zero-order valence-corrected chi connectivity index (χ0v) is 14.6. The van der Waals surface area contributed by atoms with Crippen LogP contribution in [0.3, 0.4) is 0 Å². The number of rotatable bonds is 7. The Morgan fingerprint density at radius 1 is 1.42 bits per heavy atom. The minimum Gasteiger partial charge on any atom is -0.352 e. The summed E-state index contributed by atoms with van der Waals surface area (Å²) >= 11 is 0. The number of hydrogen-bond acceptors (Lipinski definition) is 4. The Kier molecular flexibility index (Phi) is 6.73. The molecular formula is C18H27N3O3. The number of nitro groups is 1. The highest BCUT2D eigenvalue weighted by Crippen LogP contribution is 2.21. The van der Waals surface area contributed by atoms with Crippen LogP contribution in [0.2, 0.25) is 0 Å². The molecule has 0 spiro atoms. The molecule has 0 bridgehead atoms. The number of nitrogens with zero attached hydrogens (tertiary/aromatic N) is 2. The number of carbonyl (C=O) groups excluding carboxylic acids is 1. The molecule has 132 valence electrons. The number of benzene rings is 1. The first-order valence-corrected chi connectivity index (χ1v) is 8.80. The summed E-state index contributed by atoms with van der Waals surface area (Å²) in [7, 11) is 0. The first-order chi connectivity index (χ1) is 11.5. The molecule has 1 N–H and O–H groups in total. The summed E-state index contributed by atoms with van der Waals surface area (Å²) in [5.41, 5.74) is 0.789. The molecule has 1 aromatic carbocycles. The molecule has 1 unspecified atom stereocenters. The van der Waals surface area contributed by atoms with Gasteiger partial charge < -0.3 is 10.2 Å². The molecule has 24 heavy (non-hydrogen) atoms. The van der Waals surface area contributed by atoms with E-state index < -0.39 is 4.92 Å². The zero-order valence-electron chi connectivity index (χ0n) is 14.6. The largest absolute Gasteiger partial charge is 0.352 e. The third-order valence-electron chi connectivity index (χ3n) is 4.87. The van der Waals surface area contributed by atoms with Crippen molar-refractivity contribution in [2.45, 2.75) is 52.0 Å². The van der Waals surface area contributed by atoms with Gasteiger partial charge in [0.2, 0.25) is 0 Å². The third kappa shape index (κ3) is 4.54. The van der Waals surface area contributed by atoms with E-state index in [4.69, 9.17) is 0 Å². The third-order valence-corrected chi connectivity index (χ3v) is 4.87. The van der Waals surface area contributed by atoms with Crippen LogP contribution in [-0.2, 0) is 0 Å². The number of likely N-dealkylation sites (tertiary alicyclic amines) is 1. The van der Waals surface area contributed by atoms with Crippen molar-refractivity contribution in [3.05, 3.63) is 39.4 Å². The van der Waals surface area contributed by atoms with Crippen LogP contribution in [0, 0.1) is 17.0 Å². The van der Waals surface area contributed by atoms with E-state index in [0.717, 1.165) is 19.5 Å². The van der Waals surface area contributed by atoms with Crippen molar-refractivity contribution in [2.75, 3.05) is 19.6 Å². The van der Waals surface area contributed by atoms with Gasteiger partial charge in [-0.25, -0.2) is 0 Å². The number of amides is 1. The lowest BCUT2D eigenvalue weighted by molar-refractivity contribution is -0.385. The van der Waals surface area contributed by atoms with Crippen molar-refractivity contribution in [3.63, 3.8) is 0 Å². The van der Waals surface area contributed by atoms with E-state index >= 15 is 0 Å². The topological polar surface area (TPSA) is 75.5 Å². The summed E-state index contributed by atoms with van der Waals surface area (Å²) in [4.78, 5) is 25.3. The number of piperidine rings is 1. The standard InChI is InChI=1S/C18H27N3O3/c1-3-15-8-4-5-12-20(15)13-7-11-19-18(22)16-9-6-10-17(14(16)2)21(23)24/h6,9-10,15H,3-5,7-8,11-13H2,1-2H3,(H,19,22). The van der Waals surface area contributed by atoms with E-state index in [9.17, 15) is 14.9 Å². The highest BCUT2D eigenvalue weighted by molar-refractivity contribution is 5.96. The van der Waals surface area contributed by atoms with Crippen LogP contribution in [0.4, 0.5) is 5.69 Å². The van der Waals surface area contributed by atoms with Crippen molar-refractivity contribution in [1.82, 2.24) is 10.2 Å². The van der Waals surface area contributed by atoms with Crippen LogP contribution in [0.1, 0.15) is 54.9 Å². The average molecular weight is 333 g/mol. The van der Waals surface area contributed by atoms with Crippen molar-refractivity contribution in [2.24, 2.45) is 0 Å². The van der Waals surface area contributed by atoms with E-state index in [2.05, 4.69) is 17.1 Å². The van der Waals surface area contributed by atoms with Gasteiger partial charge in [0.05, 0.1) is 4.92 Å². The predicted molar refractivity (Wildman–Crippen MR) is 94.3 cm³/mol. The number of hydrogen-bond donors (Lipinski definition) is 1. The van der Waals surface area contributed by atoms with Crippen molar-refractivity contribution < 1.29 is 9.72 Å². The molecule has 1 atom stereocenters. The highest BCUT2D eigenvalue weighted by atomic mass is 16.6. The van der Waals surface area contributed by atoms with Gasteiger partial charge in [0, 0.05) is 36.3 Å². The number of nitro benzene ring substituents is 1. The van der Waals surface area contributed by atoms with Gasteiger partial charge in [-0.1, -0.05) is 19.4 Å². The molecular weight excluding hydrogens is 306 g/mol. The lowest BCUT2D eigenvalue weighted by Crippen LogP contribution is -2.40. The molecule has 0 saturated carbocycles. The van der Waals surface area contributed by atoms with E-state index in [1.807, 2.05) is 0 Å². The SMILES string of the molecule is CCC1CCCCN1CCCNC(=O)c1cccc([N+](=O)[O-])c1C. The monoisotopic (exact) mass is 333 g/mol. The molecule has 1 aliphatic rings. The van der Waals surface area contributed by atoms with Crippen LogP contribution in [-0.4, -0.2) is 41.4 Å². The molecule has 2 rings (SSSR count). The Balaban J connectivity index is 1.83. The number of nitrogens with one attached hydrogen (secondary N) is 1. The van der Waals surface area contributed by atoms with Gasteiger partial charge in [-0.05, 0) is 45.2 Å². The fourth-order valence-corrected chi connectivity index (χ4v) is 3.46. The molecule has 1 heterocycles. The first kappa shape index (κ1) is 18.4. The molecule has 0 aromatic heterocycles. The van der Waals surface area contributed by atoms with Gasteiger partial charge in [0.1, 0.15) is 0 Å². The van der Waals surface area contributed by atoms with E-state index in [0.29, 0.717) is 23.7 Å². The maximum Gasteiger partial charge on any atom is 0.273 e. The molecule has 0 radical (unpaired) electrons. The maximum atomic E-state index is 12.3. The quantitative estimate of drug-likeness (QED) is 0.472. The summed E-state index contributed by atoms with van der Waals surface area (Å²) in [5, 5.41) is 13.8. The van der Waals surface area contributed by atoms with Crippen LogP contribution < -0.4 is 5.32 Å². The maximum absolute atomic E-state index is 12.3. The Bertz CT molecular complexity index is 589. The Morgan fingerprint density at radius 2 is 2.21 bits per heavy atom. The lowest BCUT2D eigenvalue weighted by Gasteiger charge is -2.35. The molecule has 0 aliphatic carbocycles. The average Bonchev–Trinajstić information content (AvgIpc) is 2.58. The van der Waals surface area contributed by atoms with Crippen molar-refractivity contribution >= 4 is 11.6 Å². The van der Waals surface area contributed by atoms with Gasteiger partial charge in [-0.15, -0.1) is 0 Å². The second-order valence-corrected chi connectivity index (χ2v) is 6.41. The summed E-state index contributed by atoms with van der Waals surface area (Å²) in [6, 6.07) is 5.29. The van der Waals surface area contributed by atoms with Gasteiger partial charge in [-0.2, -0.15) is 0 Å². The van der Waals surface area contributed by atoms with E-state index in [-0.39, 0.29) is 11.6 Å². The first-order valence-electron chi connectivity index (χ1n) is 8.80. The van der Waals surface area contributed by atoms with Gasteiger partial charge in [-0.3, -0.25) is 14.9 Å². The minimum absolute atomic E-state index is 0.0123. The second-order valence-electron chi connectivity index (χ2n) is 6.41. The van der Waals surface area contributed by atoms with E-state index in [1.54, 1.807) is 19.1 Å². The molecule has 6 heteroatoms. The zero-order chi connectivity index (χ0) is 17.5. The molecule has 6 nitrogen and oxygen atoms in total. The predicted octanol–water partition coefficient (Wildman–Crippen LogP) is 3.29. The van der Waals surface area contributed by atoms with E-state index in [1.165, 1.54) is 31.7 Å². The second kappa shape index (κ2) is 8.78. The Morgan fingerprint density at radius 3 is 2.92 bits per heavy atom. The normalized spacial score (nSPS) is 18.3. The van der Waals surface area contributed by atoms with Gasteiger partial charge >= 0.3 is 0 Å². The lowest BCUT2D eigenvalue weighted by atomic mass is 10.00. The van der Waals surface area contributed by atoms with Gasteiger partial charge in [0.25, 0.3) is 11.6 Å². The Hall–Kier alpha value is -1.95. The summed E-state index contributed by atoms with van der Waals surface area (Å²) in [6.45, 7) is 6.58. The highest BCUT2D eigenvalue weighted by Gasteiger charge is 2.20. The fourth-order valence-electron chi connectivity index (χ4n) is 3.46. The Labute approximate surface area is 143 Å². The summed E-state index contributed by atoms with van der Waals surface area (Å²) in [6.07, 6.45) is 5.93.